The maximum Gasteiger partial charge on any atom is 0.0870 e. The average molecular weight is 83.1 g/mol. The number of rotatable bonds is 0. The lowest BCUT2D eigenvalue weighted by Crippen LogP contribution is -2.14. The van der Waals surface area contributed by atoms with Crippen LogP contribution in [0, 0.1) is 6.20 Å². The van der Waals surface area contributed by atoms with Crippen LogP contribution in [0.1, 0.15) is 0 Å². The number of nitrogens with zero attached hydrogens (tertiary/aromatic N) is 1. The van der Waals surface area contributed by atoms with Gasteiger partial charge in [0.2, 0.25) is 0 Å². The predicted octanol–water partition coefficient (Wildman–Crippen LogP) is -0.247. The van der Waals surface area contributed by atoms with Crippen LogP contribution >= 0.6 is 0 Å². The number of hydrogen-bond donors (Lipinski definition) is 1. The third-order valence-corrected chi connectivity index (χ3v) is 0.715. The first-order valence-electron chi connectivity index (χ1n) is 1.91. The molecule has 0 unspecified atom stereocenters. The third-order valence-electron chi connectivity index (χ3n) is 0.715. The largest absolute Gasteiger partial charge is 0.365 e. The summed E-state index contributed by atoms with van der Waals surface area (Å²) in [5, 5.41) is 2.89. The zero-order valence-electron chi connectivity index (χ0n) is 3.73. The molecule has 0 atom stereocenters. The normalized spacial score (nSPS) is 18.5. The van der Waals surface area contributed by atoms with E-state index in [-0.39, 0.29) is 0 Å². The SMILES string of the molecule is CN1C=[C]NC1. The van der Waals surface area contributed by atoms with E-state index >= 15 is 0 Å². The first kappa shape index (κ1) is 3.53. The molecule has 0 aromatic rings. The van der Waals surface area contributed by atoms with E-state index in [1.165, 1.54) is 0 Å². The van der Waals surface area contributed by atoms with E-state index in [4.69, 9.17) is 0 Å². The van der Waals surface area contributed by atoms with Gasteiger partial charge in [0.05, 0.1) is 12.9 Å². The Morgan fingerprint density at radius 3 is 3.00 bits per heavy atom. The molecule has 0 bridgehead atoms. The molecule has 0 saturated carbocycles. The molecule has 33 valence electrons. The van der Waals surface area contributed by atoms with Crippen molar-refractivity contribution in [2.45, 2.75) is 0 Å². The fourth-order valence-electron chi connectivity index (χ4n) is 0.372. The number of nitrogens with one attached hydrogen (secondary N) is 1. The third kappa shape index (κ3) is 0.455. The Hall–Kier alpha value is -0.660. The Labute approximate surface area is 37.4 Å². The van der Waals surface area contributed by atoms with Crippen molar-refractivity contribution in [1.29, 1.82) is 0 Å². The summed E-state index contributed by atoms with van der Waals surface area (Å²) < 4.78 is 0. The van der Waals surface area contributed by atoms with E-state index in [1.807, 2.05) is 18.1 Å². The van der Waals surface area contributed by atoms with E-state index in [0.717, 1.165) is 6.67 Å². The molecular formula is C4H7N2. The van der Waals surface area contributed by atoms with Crippen LogP contribution in [0.5, 0.6) is 0 Å². The minimum absolute atomic E-state index is 0.903. The van der Waals surface area contributed by atoms with Gasteiger partial charge in [0.1, 0.15) is 0 Å². The first-order valence-corrected chi connectivity index (χ1v) is 1.91. The second kappa shape index (κ2) is 1.20. The van der Waals surface area contributed by atoms with Gasteiger partial charge >= 0.3 is 0 Å². The van der Waals surface area contributed by atoms with Crippen molar-refractivity contribution in [1.82, 2.24) is 10.2 Å². The molecule has 1 rings (SSSR count). The average Bonchev–Trinajstić information content (AvgIpc) is 1.86. The molecule has 1 N–H and O–H groups in total. The second-order valence-electron chi connectivity index (χ2n) is 1.37. The Balaban J connectivity index is 2.38. The summed E-state index contributed by atoms with van der Waals surface area (Å²) in [6.07, 6.45) is 4.70. The molecule has 6 heavy (non-hydrogen) atoms. The van der Waals surface area contributed by atoms with Crippen LogP contribution in [0.15, 0.2) is 6.20 Å². The summed E-state index contributed by atoms with van der Waals surface area (Å²) in [4.78, 5) is 2.01. The van der Waals surface area contributed by atoms with Crippen LogP contribution in [0.25, 0.3) is 0 Å². The Kier molecular flexibility index (Phi) is 0.708. The summed E-state index contributed by atoms with van der Waals surface area (Å²) >= 11 is 0. The zero-order chi connectivity index (χ0) is 4.41. The van der Waals surface area contributed by atoms with Crippen molar-refractivity contribution in [3.63, 3.8) is 0 Å². The van der Waals surface area contributed by atoms with Crippen LogP contribution in [0.4, 0.5) is 0 Å². The van der Waals surface area contributed by atoms with E-state index < -0.39 is 0 Å². The monoisotopic (exact) mass is 83.1 g/mol. The van der Waals surface area contributed by atoms with Gasteiger partial charge in [0, 0.05) is 13.2 Å². The topological polar surface area (TPSA) is 15.3 Å². The summed E-state index contributed by atoms with van der Waals surface area (Å²) in [5.74, 6) is 0. The van der Waals surface area contributed by atoms with Crippen molar-refractivity contribution in [2.24, 2.45) is 0 Å². The van der Waals surface area contributed by atoms with Gasteiger partial charge in [0.25, 0.3) is 0 Å². The highest BCUT2D eigenvalue weighted by molar-refractivity contribution is 4.76. The fraction of sp³-hybridized carbons (Fsp3) is 0.500. The smallest absolute Gasteiger partial charge is 0.0870 e. The molecule has 0 fully saturated rings. The van der Waals surface area contributed by atoms with E-state index in [9.17, 15) is 0 Å². The Morgan fingerprint density at radius 1 is 2.00 bits per heavy atom. The quantitative estimate of drug-likeness (QED) is 0.434. The van der Waals surface area contributed by atoms with Crippen molar-refractivity contribution >= 4 is 0 Å². The van der Waals surface area contributed by atoms with Crippen LogP contribution in [0.2, 0.25) is 0 Å². The van der Waals surface area contributed by atoms with Gasteiger partial charge in [-0.3, -0.25) is 0 Å². The summed E-state index contributed by atoms with van der Waals surface area (Å²) in [7, 11) is 1.99. The van der Waals surface area contributed by atoms with Crippen LogP contribution in [-0.2, 0) is 0 Å². The molecule has 0 amide bonds. The minimum Gasteiger partial charge on any atom is -0.365 e. The van der Waals surface area contributed by atoms with Crippen molar-refractivity contribution < 1.29 is 0 Å². The van der Waals surface area contributed by atoms with Gasteiger partial charge in [-0.1, -0.05) is 0 Å². The Bertz CT molecular complexity index is 67.9. The lowest BCUT2D eigenvalue weighted by Gasteiger charge is -2.02. The highest BCUT2D eigenvalue weighted by Gasteiger charge is 1.91. The lowest BCUT2D eigenvalue weighted by atomic mass is 10.9. The van der Waals surface area contributed by atoms with Gasteiger partial charge in [-0.15, -0.1) is 0 Å². The second-order valence-corrected chi connectivity index (χ2v) is 1.37. The molecule has 0 aromatic heterocycles. The van der Waals surface area contributed by atoms with Gasteiger partial charge in [-0.2, -0.15) is 0 Å². The minimum atomic E-state index is 0.903. The van der Waals surface area contributed by atoms with Gasteiger partial charge in [-0.25, -0.2) is 0 Å². The van der Waals surface area contributed by atoms with Crippen molar-refractivity contribution in [3.8, 4) is 0 Å². The summed E-state index contributed by atoms with van der Waals surface area (Å²) in [6, 6.07) is 0. The summed E-state index contributed by atoms with van der Waals surface area (Å²) in [6.45, 7) is 0.903. The van der Waals surface area contributed by atoms with Gasteiger partial charge in [-0.05, 0) is 0 Å². The lowest BCUT2D eigenvalue weighted by molar-refractivity contribution is 0.474. The molecule has 0 aromatic carbocycles. The molecule has 0 spiro atoms. The van der Waals surface area contributed by atoms with E-state index in [2.05, 4.69) is 11.5 Å². The van der Waals surface area contributed by atoms with Crippen LogP contribution in [0.3, 0.4) is 0 Å². The predicted molar refractivity (Wildman–Crippen MR) is 23.6 cm³/mol. The highest BCUT2D eigenvalue weighted by atomic mass is 15.2. The zero-order valence-corrected chi connectivity index (χ0v) is 3.73. The van der Waals surface area contributed by atoms with Gasteiger partial charge in [0.15, 0.2) is 0 Å². The molecular weight excluding hydrogens is 76.1 g/mol. The molecule has 0 saturated heterocycles. The molecule has 2 nitrogen and oxygen atoms in total. The maximum atomic E-state index is 2.89. The molecule has 1 aliphatic rings. The fourth-order valence-corrected chi connectivity index (χ4v) is 0.372. The van der Waals surface area contributed by atoms with Crippen LogP contribution in [-0.4, -0.2) is 18.6 Å². The highest BCUT2D eigenvalue weighted by Crippen LogP contribution is 1.83. The molecule has 1 heterocycles. The maximum absolute atomic E-state index is 2.89. The van der Waals surface area contributed by atoms with E-state index in [1.54, 1.807) is 0 Å². The summed E-state index contributed by atoms with van der Waals surface area (Å²) in [5.41, 5.74) is 0. The van der Waals surface area contributed by atoms with E-state index in [0.29, 0.717) is 0 Å². The molecule has 1 aliphatic heterocycles. The van der Waals surface area contributed by atoms with Gasteiger partial charge < -0.3 is 10.2 Å². The van der Waals surface area contributed by atoms with Crippen molar-refractivity contribution in [2.75, 3.05) is 13.7 Å². The standard InChI is InChI=1S/C4H7N2/c1-6-3-2-5-4-6/h3,5H,4H2,1H3. The van der Waals surface area contributed by atoms with Crippen LogP contribution < -0.4 is 5.32 Å². The first-order chi connectivity index (χ1) is 2.89. The molecule has 1 radical (unpaired) electrons. The van der Waals surface area contributed by atoms with Crippen molar-refractivity contribution in [3.05, 3.63) is 12.4 Å². The molecule has 2 heteroatoms. The molecule has 0 aliphatic carbocycles. The Morgan fingerprint density at radius 2 is 2.83 bits per heavy atom. The number of hydrogen-bond acceptors (Lipinski definition) is 2.